The van der Waals surface area contributed by atoms with Crippen molar-refractivity contribution < 1.29 is 8.83 Å². The Balaban J connectivity index is 1.82. The zero-order chi connectivity index (χ0) is 14.2. The first kappa shape index (κ1) is 13.6. The van der Waals surface area contributed by atoms with Crippen molar-refractivity contribution in [3.63, 3.8) is 0 Å². The van der Waals surface area contributed by atoms with Crippen molar-refractivity contribution in [2.45, 2.75) is 30.7 Å². The highest BCUT2D eigenvalue weighted by molar-refractivity contribution is 8.77. The Morgan fingerprint density at radius 2 is 1.85 bits per heavy atom. The van der Waals surface area contributed by atoms with Gasteiger partial charge in [0.25, 0.3) is 11.1 Å². The van der Waals surface area contributed by atoms with Crippen LogP contribution in [0.3, 0.4) is 0 Å². The van der Waals surface area contributed by atoms with Gasteiger partial charge in [0.05, 0.1) is 0 Å². The highest BCUT2D eigenvalue weighted by atomic mass is 33.1. The van der Waals surface area contributed by atoms with E-state index < -0.39 is 0 Å². The first-order valence-electron chi connectivity index (χ1n) is 6.19. The fraction of sp³-hybridized carbons (Fsp3) is 0.286. The molecule has 2 aromatic heterocycles. The molecular formula is C14H14N2O2S2. The van der Waals surface area contributed by atoms with Gasteiger partial charge in [0.1, 0.15) is 5.58 Å². The summed E-state index contributed by atoms with van der Waals surface area (Å²) in [6.07, 6.45) is 0. The Bertz CT molecular complexity index is 695. The maximum Gasteiger partial charge on any atom is 0.287 e. The number of hydrogen-bond acceptors (Lipinski definition) is 6. The van der Waals surface area contributed by atoms with Gasteiger partial charge >= 0.3 is 0 Å². The Kier molecular flexibility index (Phi) is 3.52. The molecule has 0 amide bonds. The summed E-state index contributed by atoms with van der Waals surface area (Å²) in [7, 11) is 3.17. The number of fused-ring (bicyclic) bond motifs is 1. The molecule has 0 atom stereocenters. The topological polar surface area (TPSA) is 52.1 Å². The normalized spacial score (nSPS) is 12.2. The van der Waals surface area contributed by atoms with Crippen LogP contribution in [0.1, 0.15) is 20.8 Å². The van der Waals surface area contributed by atoms with E-state index in [1.54, 1.807) is 10.8 Å². The molecule has 0 unspecified atom stereocenters. The SMILES string of the molecule is CC(C)(C)SSc1nnc(-c2cc3ccccc3o2)o1. The van der Waals surface area contributed by atoms with Crippen LogP contribution in [0.25, 0.3) is 22.6 Å². The first-order valence-corrected chi connectivity index (χ1v) is 8.34. The summed E-state index contributed by atoms with van der Waals surface area (Å²) in [4.78, 5) is 0. The van der Waals surface area contributed by atoms with E-state index in [1.165, 1.54) is 10.8 Å². The van der Waals surface area contributed by atoms with Crippen LogP contribution >= 0.6 is 21.6 Å². The van der Waals surface area contributed by atoms with Crippen molar-refractivity contribution in [1.29, 1.82) is 0 Å². The maximum absolute atomic E-state index is 5.70. The minimum absolute atomic E-state index is 0.138. The highest BCUT2D eigenvalue weighted by Gasteiger charge is 2.17. The van der Waals surface area contributed by atoms with Crippen LogP contribution in [0, 0.1) is 0 Å². The molecule has 0 fully saturated rings. The molecule has 0 aliphatic heterocycles. The van der Waals surface area contributed by atoms with Gasteiger partial charge < -0.3 is 8.83 Å². The van der Waals surface area contributed by atoms with Crippen LogP contribution < -0.4 is 0 Å². The Morgan fingerprint density at radius 1 is 1.05 bits per heavy atom. The standard InChI is InChI=1S/C14H14N2O2S2/c1-14(2,3)20-19-13-16-15-12(18-13)11-8-9-6-4-5-7-10(9)17-11/h4-8H,1-3H3. The lowest BCUT2D eigenvalue weighted by Crippen LogP contribution is -2.04. The van der Waals surface area contributed by atoms with Crippen LogP contribution in [-0.2, 0) is 0 Å². The summed E-state index contributed by atoms with van der Waals surface area (Å²) in [6.45, 7) is 6.42. The molecule has 0 bridgehead atoms. The number of benzene rings is 1. The number of furan rings is 1. The summed E-state index contributed by atoms with van der Waals surface area (Å²) in [5, 5.41) is 9.64. The fourth-order valence-corrected chi connectivity index (χ4v) is 3.27. The van der Waals surface area contributed by atoms with Gasteiger partial charge in [-0.15, -0.1) is 5.10 Å². The van der Waals surface area contributed by atoms with Gasteiger partial charge in [0.15, 0.2) is 5.76 Å². The van der Waals surface area contributed by atoms with Crippen LogP contribution in [0.4, 0.5) is 0 Å². The molecule has 104 valence electrons. The molecule has 6 heteroatoms. The number of para-hydroxylation sites is 1. The lowest BCUT2D eigenvalue weighted by Gasteiger charge is -2.13. The summed E-state index contributed by atoms with van der Waals surface area (Å²) < 4.78 is 11.5. The second-order valence-corrected chi connectivity index (χ2v) is 8.21. The minimum atomic E-state index is 0.138. The van der Waals surface area contributed by atoms with Gasteiger partial charge in [-0.2, -0.15) is 0 Å². The summed E-state index contributed by atoms with van der Waals surface area (Å²) in [5.41, 5.74) is 0.818. The van der Waals surface area contributed by atoms with E-state index in [1.807, 2.05) is 30.3 Å². The van der Waals surface area contributed by atoms with Crippen LogP contribution in [0.2, 0.25) is 0 Å². The van der Waals surface area contributed by atoms with E-state index in [0.29, 0.717) is 16.9 Å². The fourth-order valence-electron chi connectivity index (χ4n) is 1.59. The number of hydrogen-bond donors (Lipinski definition) is 0. The molecule has 0 aliphatic carbocycles. The minimum Gasteiger partial charge on any atom is -0.451 e. The number of nitrogens with zero attached hydrogens (tertiary/aromatic N) is 2. The quantitative estimate of drug-likeness (QED) is 0.633. The Labute approximate surface area is 124 Å². The third-order valence-corrected chi connectivity index (χ3v) is 5.47. The van der Waals surface area contributed by atoms with E-state index in [2.05, 4.69) is 31.0 Å². The second kappa shape index (κ2) is 5.18. The molecule has 3 rings (SSSR count). The molecular weight excluding hydrogens is 292 g/mol. The third kappa shape index (κ3) is 3.02. The van der Waals surface area contributed by atoms with Gasteiger partial charge in [0.2, 0.25) is 0 Å². The second-order valence-electron chi connectivity index (χ2n) is 5.30. The molecule has 0 spiro atoms. The predicted octanol–water partition coefficient (Wildman–Crippen LogP) is 5.02. The molecule has 0 saturated heterocycles. The van der Waals surface area contributed by atoms with Crippen molar-refractivity contribution in [2.24, 2.45) is 0 Å². The molecule has 20 heavy (non-hydrogen) atoms. The largest absolute Gasteiger partial charge is 0.451 e. The molecule has 4 nitrogen and oxygen atoms in total. The summed E-state index contributed by atoms with van der Waals surface area (Å²) in [6, 6.07) is 9.72. The summed E-state index contributed by atoms with van der Waals surface area (Å²) in [5.74, 6) is 1.02. The molecule has 0 aliphatic rings. The van der Waals surface area contributed by atoms with E-state index in [0.717, 1.165) is 11.0 Å². The van der Waals surface area contributed by atoms with Gasteiger partial charge in [-0.3, -0.25) is 0 Å². The van der Waals surface area contributed by atoms with E-state index in [4.69, 9.17) is 8.83 Å². The summed E-state index contributed by atoms with van der Waals surface area (Å²) >= 11 is 0. The molecule has 1 aromatic carbocycles. The lowest BCUT2D eigenvalue weighted by atomic mass is 10.2. The van der Waals surface area contributed by atoms with E-state index in [-0.39, 0.29) is 4.75 Å². The van der Waals surface area contributed by atoms with E-state index in [9.17, 15) is 0 Å². The van der Waals surface area contributed by atoms with Crippen molar-refractivity contribution in [1.82, 2.24) is 10.2 Å². The zero-order valence-corrected chi connectivity index (χ0v) is 13.0. The lowest BCUT2D eigenvalue weighted by molar-refractivity contribution is 0.453. The van der Waals surface area contributed by atoms with Gasteiger partial charge in [-0.1, -0.05) is 54.9 Å². The van der Waals surface area contributed by atoms with Crippen molar-refractivity contribution >= 4 is 32.6 Å². The van der Waals surface area contributed by atoms with Crippen LogP contribution in [0.15, 0.2) is 44.4 Å². The van der Waals surface area contributed by atoms with Crippen LogP contribution in [-0.4, -0.2) is 14.9 Å². The Hall–Kier alpha value is -1.40. The third-order valence-electron chi connectivity index (χ3n) is 2.41. The number of rotatable bonds is 3. The zero-order valence-electron chi connectivity index (χ0n) is 11.4. The smallest absolute Gasteiger partial charge is 0.287 e. The van der Waals surface area contributed by atoms with Crippen molar-refractivity contribution in [2.75, 3.05) is 0 Å². The van der Waals surface area contributed by atoms with Crippen LogP contribution in [0.5, 0.6) is 0 Å². The molecule has 0 saturated carbocycles. The molecule has 0 radical (unpaired) electrons. The molecule has 0 N–H and O–H groups in total. The molecule has 2 heterocycles. The average Bonchev–Trinajstić information content (AvgIpc) is 3.01. The van der Waals surface area contributed by atoms with Crippen molar-refractivity contribution in [3.8, 4) is 11.7 Å². The first-order chi connectivity index (χ1) is 9.51. The monoisotopic (exact) mass is 306 g/mol. The van der Waals surface area contributed by atoms with E-state index >= 15 is 0 Å². The van der Waals surface area contributed by atoms with Gasteiger partial charge in [0, 0.05) is 20.9 Å². The van der Waals surface area contributed by atoms with Crippen molar-refractivity contribution in [3.05, 3.63) is 30.3 Å². The Morgan fingerprint density at radius 3 is 2.60 bits per heavy atom. The predicted molar refractivity (Wildman–Crippen MR) is 82.7 cm³/mol. The van der Waals surface area contributed by atoms with Gasteiger partial charge in [-0.05, 0) is 12.1 Å². The molecule has 3 aromatic rings. The van der Waals surface area contributed by atoms with Gasteiger partial charge in [-0.25, -0.2) is 0 Å². The number of aromatic nitrogens is 2. The maximum atomic E-state index is 5.70. The highest BCUT2D eigenvalue weighted by Crippen LogP contribution is 2.40. The average molecular weight is 306 g/mol.